The molecule has 3 heterocycles. The zero-order valence-corrected chi connectivity index (χ0v) is 14.9. The third-order valence-corrected chi connectivity index (χ3v) is 5.53. The predicted molar refractivity (Wildman–Crippen MR) is 105 cm³/mol. The van der Waals surface area contributed by atoms with Gasteiger partial charge >= 0.3 is 0 Å². The Hall–Kier alpha value is -2.79. The normalized spacial score (nSPS) is 14.0. The number of rotatable bonds is 4. The highest BCUT2D eigenvalue weighted by Gasteiger charge is 2.29. The van der Waals surface area contributed by atoms with E-state index in [0.29, 0.717) is 17.8 Å². The lowest BCUT2D eigenvalue weighted by Crippen LogP contribution is -2.25. The van der Waals surface area contributed by atoms with Gasteiger partial charge in [-0.1, -0.05) is 12.1 Å². The Morgan fingerprint density at radius 3 is 2.81 bits per heavy atom. The molecule has 1 saturated carbocycles. The SMILES string of the molecule is O=c1c2cc(-c3ccsc3)ccc2nc(C2CC2)n1Cc1cccnc1. The van der Waals surface area contributed by atoms with Crippen molar-refractivity contribution in [3.05, 3.63) is 81.3 Å². The monoisotopic (exact) mass is 359 g/mol. The fourth-order valence-electron chi connectivity index (χ4n) is 3.33. The van der Waals surface area contributed by atoms with Crippen LogP contribution in [0.25, 0.3) is 22.0 Å². The first-order valence-corrected chi connectivity index (χ1v) is 9.70. The Balaban J connectivity index is 1.69. The molecule has 0 radical (unpaired) electrons. The summed E-state index contributed by atoms with van der Waals surface area (Å²) < 4.78 is 1.84. The predicted octanol–water partition coefficient (Wildman–Crippen LogP) is 4.45. The number of nitrogens with zero attached hydrogens (tertiary/aromatic N) is 3. The third-order valence-electron chi connectivity index (χ3n) is 4.84. The number of thiophene rings is 1. The fourth-order valence-corrected chi connectivity index (χ4v) is 3.99. The maximum Gasteiger partial charge on any atom is 0.261 e. The fraction of sp³-hybridized carbons (Fsp3) is 0.190. The molecule has 0 aliphatic heterocycles. The van der Waals surface area contributed by atoms with E-state index in [9.17, 15) is 4.79 Å². The molecule has 0 spiro atoms. The number of hydrogen-bond donors (Lipinski definition) is 0. The molecule has 0 bridgehead atoms. The maximum atomic E-state index is 13.3. The van der Waals surface area contributed by atoms with Crippen LogP contribution in [0.1, 0.15) is 30.1 Å². The molecular formula is C21H17N3OS. The summed E-state index contributed by atoms with van der Waals surface area (Å²) in [6.45, 7) is 0.518. The molecule has 1 aliphatic carbocycles. The van der Waals surface area contributed by atoms with Gasteiger partial charge in [0.05, 0.1) is 17.4 Å². The average Bonchev–Trinajstić information content (AvgIpc) is 3.38. The number of fused-ring (bicyclic) bond motifs is 1. The van der Waals surface area contributed by atoms with Gasteiger partial charge in [-0.3, -0.25) is 14.3 Å². The number of aromatic nitrogens is 3. The van der Waals surface area contributed by atoms with Gasteiger partial charge in [0.2, 0.25) is 0 Å². The highest BCUT2D eigenvalue weighted by molar-refractivity contribution is 7.08. The molecule has 0 atom stereocenters. The van der Waals surface area contributed by atoms with E-state index >= 15 is 0 Å². The van der Waals surface area contributed by atoms with Crippen LogP contribution in [0.15, 0.2) is 64.3 Å². The third kappa shape index (κ3) is 2.74. The molecule has 4 aromatic rings. The maximum absolute atomic E-state index is 13.3. The largest absolute Gasteiger partial charge is 0.291 e. The molecule has 1 fully saturated rings. The molecule has 0 N–H and O–H groups in total. The first-order valence-electron chi connectivity index (χ1n) is 8.75. The van der Waals surface area contributed by atoms with Gasteiger partial charge in [-0.15, -0.1) is 0 Å². The van der Waals surface area contributed by atoms with Gasteiger partial charge in [-0.05, 0) is 64.6 Å². The minimum absolute atomic E-state index is 0.0397. The van der Waals surface area contributed by atoms with E-state index in [1.54, 1.807) is 17.5 Å². The first-order chi connectivity index (χ1) is 12.8. The second-order valence-corrected chi connectivity index (χ2v) is 7.52. The van der Waals surface area contributed by atoms with Crippen LogP contribution in [0.4, 0.5) is 0 Å². The second kappa shape index (κ2) is 6.18. The van der Waals surface area contributed by atoms with Crippen LogP contribution < -0.4 is 5.56 Å². The summed E-state index contributed by atoms with van der Waals surface area (Å²) in [5.41, 5.74) is 4.05. The van der Waals surface area contributed by atoms with Crippen LogP contribution in [-0.4, -0.2) is 14.5 Å². The van der Waals surface area contributed by atoms with Gasteiger partial charge in [-0.2, -0.15) is 11.3 Å². The van der Waals surface area contributed by atoms with Crippen LogP contribution in [0.5, 0.6) is 0 Å². The number of hydrogen-bond acceptors (Lipinski definition) is 4. The van der Waals surface area contributed by atoms with E-state index in [2.05, 4.69) is 27.9 Å². The summed E-state index contributed by atoms with van der Waals surface area (Å²) in [5.74, 6) is 1.31. The van der Waals surface area contributed by atoms with Crippen molar-refractivity contribution in [2.45, 2.75) is 25.3 Å². The zero-order chi connectivity index (χ0) is 17.5. The van der Waals surface area contributed by atoms with Crippen molar-refractivity contribution in [1.82, 2.24) is 14.5 Å². The van der Waals surface area contributed by atoms with Crippen molar-refractivity contribution in [1.29, 1.82) is 0 Å². The van der Waals surface area contributed by atoms with Gasteiger partial charge in [0.25, 0.3) is 5.56 Å². The Bertz CT molecular complexity index is 1130. The van der Waals surface area contributed by atoms with Gasteiger partial charge in [-0.25, -0.2) is 4.98 Å². The molecule has 26 heavy (non-hydrogen) atoms. The minimum atomic E-state index is 0.0397. The summed E-state index contributed by atoms with van der Waals surface area (Å²) in [7, 11) is 0. The molecular weight excluding hydrogens is 342 g/mol. The molecule has 4 nitrogen and oxygen atoms in total. The highest BCUT2D eigenvalue weighted by Crippen LogP contribution is 2.39. The Morgan fingerprint density at radius 2 is 2.08 bits per heavy atom. The second-order valence-electron chi connectivity index (χ2n) is 6.74. The van der Waals surface area contributed by atoms with Crippen LogP contribution in [-0.2, 0) is 6.54 Å². The van der Waals surface area contributed by atoms with E-state index < -0.39 is 0 Å². The van der Waals surface area contributed by atoms with E-state index in [-0.39, 0.29) is 5.56 Å². The minimum Gasteiger partial charge on any atom is -0.291 e. The van der Waals surface area contributed by atoms with Crippen molar-refractivity contribution in [2.75, 3.05) is 0 Å². The molecule has 0 amide bonds. The van der Waals surface area contributed by atoms with E-state index in [1.807, 2.05) is 35.0 Å². The summed E-state index contributed by atoms with van der Waals surface area (Å²) in [6.07, 6.45) is 5.78. The van der Waals surface area contributed by atoms with Gasteiger partial charge in [0, 0.05) is 18.3 Å². The number of benzene rings is 1. The number of pyridine rings is 1. The van der Waals surface area contributed by atoms with Crippen LogP contribution >= 0.6 is 11.3 Å². The lowest BCUT2D eigenvalue weighted by atomic mass is 10.1. The van der Waals surface area contributed by atoms with E-state index in [1.165, 1.54) is 0 Å². The topological polar surface area (TPSA) is 47.8 Å². The van der Waals surface area contributed by atoms with Gasteiger partial charge in [0.1, 0.15) is 5.82 Å². The van der Waals surface area contributed by atoms with Gasteiger partial charge in [0.15, 0.2) is 0 Å². The highest BCUT2D eigenvalue weighted by atomic mass is 32.1. The molecule has 0 unspecified atom stereocenters. The van der Waals surface area contributed by atoms with Crippen molar-refractivity contribution >= 4 is 22.2 Å². The molecule has 3 aromatic heterocycles. The van der Waals surface area contributed by atoms with Crippen molar-refractivity contribution in [3.8, 4) is 11.1 Å². The smallest absolute Gasteiger partial charge is 0.261 e. The molecule has 1 aliphatic rings. The summed E-state index contributed by atoms with van der Waals surface area (Å²) in [4.78, 5) is 22.4. The summed E-state index contributed by atoms with van der Waals surface area (Å²) >= 11 is 1.66. The Labute approximate surface area is 154 Å². The Kier molecular flexibility index (Phi) is 3.68. The standard InChI is InChI=1S/C21H17N3OS/c25-21-18-10-16(17-7-9-26-13-17)5-6-19(18)23-20(15-3-4-15)24(21)12-14-2-1-8-22-11-14/h1-2,5-11,13,15H,3-4,12H2. The van der Waals surface area contributed by atoms with E-state index in [0.717, 1.165) is 40.9 Å². The first kappa shape index (κ1) is 15.5. The quantitative estimate of drug-likeness (QED) is 0.541. The molecule has 5 heteroatoms. The summed E-state index contributed by atoms with van der Waals surface area (Å²) in [6, 6.07) is 12.0. The van der Waals surface area contributed by atoms with Gasteiger partial charge < -0.3 is 0 Å². The molecule has 1 aromatic carbocycles. The van der Waals surface area contributed by atoms with Crippen molar-refractivity contribution in [3.63, 3.8) is 0 Å². The lowest BCUT2D eigenvalue weighted by molar-refractivity contribution is 0.679. The molecule has 128 valence electrons. The summed E-state index contributed by atoms with van der Waals surface area (Å²) in [5, 5.41) is 4.83. The van der Waals surface area contributed by atoms with Crippen LogP contribution in [0, 0.1) is 0 Å². The van der Waals surface area contributed by atoms with E-state index in [4.69, 9.17) is 4.98 Å². The lowest BCUT2D eigenvalue weighted by Gasteiger charge is -2.13. The van der Waals surface area contributed by atoms with Crippen LogP contribution in [0.2, 0.25) is 0 Å². The molecule has 0 saturated heterocycles. The average molecular weight is 359 g/mol. The van der Waals surface area contributed by atoms with Crippen molar-refractivity contribution < 1.29 is 0 Å². The van der Waals surface area contributed by atoms with Crippen molar-refractivity contribution in [2.24, 2.45) is 0 Å². The Morgan fingerprint density at radius 1 is 1.15 bits per heavy atom. The van der Waals surface area contributed by atoms with Crippen LogP contribution in [0.3, 0.4) is 0 Å². The molecule has 5 rings (SSSR count). The zero-order valence-electron chi connectivity index (χ0n) is 14.1.